The van der Waals surface area contributed by atoms with Crippen LogP contribution in [0, 0.1) is 5.82 Å². The van der Waals surface area contributed by atoms with E-state index in [9.17, 15) is 17.6 Å². The molecule has 10 heteroatoms. The number of halogens is 5. The Morgan fingerprint density at radius 3 is 2.27 bits per heavy atom. The average molecular weight is 390 g/mol. The van der Waals surface area contributed by atoms with E-state index in [1.807, 2.05) is 11.9 Å². The van der Waals surface area contributed by atoms with Crippen LogP contribution >= 0.6 is 11.6 Å². The van der Waals surface area contributed by atoms with Gasteiger partial charge < -0.3 is 9.80 Å². The molecule has 140 valence electrons. The molecule has 26 heavy (non-hydrogen) atoms. The van der Waals surface area contributed by atoms with E-state index in [2.05, 4.69) is 15.0 Å². The highest BCUT2D eigenvalue weighted by Gasteiger charge is 2.33. The number of rotatable bonds is 3. The highest BCUT2D eigenvalue weighted by atomic mass is 35.5. The summed E-state index contributed by atoms with van der Waals surface area (Å²) in [6.07, 6.45) is 0.419. The minimum absolute atomic E-state index is 0.0538. The number of alkyl halides is 3. The molecule has 0 unspecified atom stereocenters. The van der Waals surface area contributed by atoms with Crippen LogP contribution in [0.3, 0.4) is 0 Å². The van der Waals surface area contributed by atoms with Gasteiger partial charge in [0, 0.05) is 32.4 Å². The predicted octanol–water partition coefficient (Wildman–Crippen LogP) is 3.79. The predicted molar refractivity (Wildman–Crippen MR) is 89.9 cm³/mol. The van der Waals surface area contributed by atoms with Crippen LogP contribution in [-0.4, -0.2) is 41.1 Å². The Morgan fingerprint density at radius 2 is 1.73 bits per heavy atom. The fourth-order valence-corrected chi connectivity index (χ4v) is 3.03. The van der Waals surface area contributed by atoms with Crippen LogP contribution in [0.4, 0.5) is 29.3 Å². The molecule has 3 heterocycles. The lowest BCUT2D eigenvalue weighted by atomic mass is 10.0. The van der Waals surface area contributed by atoms with Crippen molar-refractivity contribution in [1.82, 2.24) is 15.0 Å². The van der Waals surface area contributed by atoms with E-state index in [-0.39, 0.29) is 11.9 Å². The molecule has 1 aliphatic rings. The van der Waals surface area contributed by atoms with Gasteiger partial charge in [-0.2, -0.15) is 13.2 Å². The molecule has 0 spiro atoms. The monoisotopic (exact) mass is 389 g/mol. The second-order valence-electron chi connectivity index (χ2n) is 6.06. The smallest absolute Gasteiger partial charge is 0.354 e. The molecule has 3 rings (SSSR count). The zero-order chi connectivity index (χ0) is 18.9. The Kier molecular flexibility index (Phi) is 5.17. The largest absolute Gasteiger partial charge is 0.417 e. The van der Waals surface area contributed by atoms with Crippen molar-refractivity contribution in [2.75, 3.05) is 29.9 Å². The third kappa shape index (κ3) is 3.98. The van der Waals surface area contributed by atoms with E-state index in [4.69, 9.17) is 11.6 Å². The third-order valence-electron chi connectivity index (χ3n) is 4.38. The molecule has 1 aliphatic heterocycles. The Labute approximate surface area is 152 Å². The molecule has 0 aliphatic carbocycles. The van der Waals surface area contributed by atoms with Gasteiger partial charge in [-0.15, -0.1) is 0 Å². The number of pyridine rings is 1. The molecule has 2 aromatic heterocycles. The molecular weight excluding hydrogens is 374 g/mol. The standard InChI is InChI=1S/C16H16ClF4N5/c1-25(15-23-8-11(17)9-24-15)12-2-4-26(5-3-12)14-13(18)6-10(7-22-14)16(19,20)21/h6-9,12H,2-5H2,1H3. The quantitative estimate of drug-likeness (QED) is 0.747. The first-order valence-corrected chi connectivity index (χ1v) is 8.31. The van der Waals surface area contributed by atoms with Crippen LogP contribution in [0.2, 0.25) is 5.02 Å². The first-order chi connectivity index (χ1) is 12.3. The van der Waals surface area contributed by atoms with Crippen LogP contribution in [0.5, 0.6) is 0 Å². The molecule has 1 saturated heterocycles. The number of aromatic nitrogens is 3. The fourth-order valence-electron chi connectivity index (χ4n) is 2.93. The summed E-state index contributed by atoms with van der Waals surface area (Å²) in [7, 11) is 1.86. The molecule has 0 amide bonds. The first kappa shape index (κ1) is 18.6. The molecule has 0 saturated carbocycles. The SMILES string of the molecule is CN(c1ncc(Cl)cn1)C1CCN(c2ncc(C(F)(F)F)cc2F)CC1. The van der Waals surface area contributed by atoms with Gasteiger partial charge >= 0.3 is 6.18 Å². The zero-order valence-electron chi connectivity index (χ0n) is 13.8. The summed E-state index contributed by atoms with van der Waals surface area (Å²) in [5, 5.41) is 0.445. The van der Waals surface area contributed by atoms with Crippen molar-refractivity contribution < 1.29 is 17.6 Å². The minimum atomic E-state index is -4.61. The molecular formula is C16H16ClF4N5. The van der Waals surface area contributed by atoms with Crippen molar-refractivity contribution in [3.8, 4) is 0 Å². The summed E-state index contributed by atoms with van der Waals surface area (Å²) >= 11 is 5.78. The highest BCUT2D eigenvalue weighted by molar-refractivity contribution is 6.30. The molecule has 2 aromatic rings. The lowest BCUT2D eigenvalue weighted by Crippen LogP contribution is -2.44. The van der Waals surface area contributed by atoms with E-state index < -0.39 is 17.6 Å². The lowest BCUT2D eigenvalue weighted by molar-refractivity contribution is -0.138. The molecule has 0 bridgehead atoms. The van der Waals surface area contributed by atoms with Crippen LogP contribution < -0.4 is 9.80 Å². The topological polar surface area (TPSA) is 45.2 Å². The zero-order valence-corrected chi connectivity index (χ0v) is 14.6. The maximum atomic E-state index is 14.1. The number of hydrogen-bond donors (Lipinski definition) is 0. The van der Waals surface area contributed by atoms with Gasteiger partial charge in [-0.05, 0) is 18.9 Å². The summed E-state index contributed by atoms with van der Waals surface area (Å²) in [4.78, 5) is 15.6. The van der Waals surface area contributed by atoms with Crippen LogP contribution in [0.1, 0.15) is 18.4 Å². The van der Waals surface area contributed by atoms with Crippen molar-refractivity contribution in [3.05, 3.63) is 41.1 Å². The van der Waals surface area contributed by atoms with Gasteiger partial charge in [0.05, 0.1) is 23.0 Å². The Morgan fingerprint density at radius 1 is 1.12 bits per heavy atom. The Balaban J connectivity index is 1.66. The van der Waals surface area contributed by atoms with Gasteiger partial charge in [0.25, 0.3) is 0 Å². The van der Waals surface area contributed by atoms with Gasteiger partial charge in [-0.25, -0.2) is 19.3 Å². The van der Waals surface area contributed by atoms with Gasteiger partial charge in [0.15, 0.2) is 11.6 Å². The highest BCUT2D eigenvalue weighted by Crippen LogP contribution is 2.32. The summed E-state index contributed by atoms with van der Waals surface area (Å²) in [5.74, 6) is -0.485. The van der Waals surface area contributed by atoms with Gasteiger partial charge in [0.1, 0.15) is 0 Å². The molecule has 0 aromatic carbocycles. The van der Waals surface area contributed by atoms with Crippen molar-refractivity contribution >= 4 is 23.4 Å². The van der Waals surface area contributed by atoms with Crippen LogP contribution in [0.15, 0.2) is 24.7 Å². The Hall–Kier alpha value is -2.16. The minimum Gasteiger partial charge on any atom is -0.354 e. The average Bonchev–Trinajstić information content (AvgIpc) is 2.61. The lowest BCUT2D eigenvalue weighted by Gasteiger charge is -2.37. The summed E-state index contributed by atoms with van der Waals surface area (Å²) < 4.78 is 51.9. The normalized spacial score (nSPS) is 16.0. The van der Waals surface area contributed by atoms with Crippen molar-refractivity contribution in [2.45, 2.75) is 25.1 Å². The summed E-state index contributed by atoms with van der Waals surface area (Å²) in [6.45, 7) is 0.940. The fraction of sp³-hybridized carbons (Fsp3) is 0.438. The number of piperidine rings is 1. The van der Waals surface area contributed by atoms with Crippen molar-refractivity contribution in [2.24, 2.45) is 0 Å². The van der Waals surface area contributed by atoms with Gasteiger partial charge in [0.2, 0.25) is 5.95 Å². The number of anilines is 2. The van der Waals surface area contributed by atoms with E-state index in [0.717, 1.165) is 0 Å². The second kappa shape index (κ2) is 7.22. The number of hydrogen-bond acceptors (Lipinski definition) is 5. The molecule has 5 nitrogen and oxygen atoms in total. The maximum Gasteiger partial charge on any atom is 0.417 e. The van der Waals surface area contributed by atoms with Crippen molar-refractivity contribution in [1.29, 1.82) is 0 Å². The maximum absolute atomic E-state index is 14.1. The van der Waals surface area contributed by atoms with Gasteiger partial charge in [-0.3, -0.25) is 0 Å². The van der Waals surface area contributed by atoms with Crippen molar-refractivity contribution in [3.63, 3.8) is 0 Å². The van der Waals surface area contributed by atoms with Crippen LogP contribution in [0.25, 0.3) is 0 Å². The van der Waals surface area contributed by atoms with E-state index in [0.29, 0.717) is 49.2 Å². The second-order valence-corrected chi connectivity index (χ2v) is 6.49. The molecule has 0 N–H and O–H groups in total. The Bertz CT molecular complexity index is 760. The van der Waals surface area contributed by atoms with E-state index in [1.165, 1.54) is 12.4 Å². The van der Waals surface area contributed by atoms with E-state index in [1.54, 1.807) is 4.90 Å². The van der Waals surface area contributed by atoms with Crippen LogP contribution in [-0.2, 0) is 6.18 Å². The van der Waals surface area contributed by atoms with Gasteiger partial charge in [-0.1, -0.05) is 11.6 Å². The van der Waals surface area contributed by atoms with E-state index >= 15 is 0 Å². The third-order valence-corrected chi connectivity index (χ3v) is 4.58. The summed E-state index contributed by atoms with van der Waals surface area (Å²) in [6, 6.07) is 0.618. The molecule has 0 radical (unpaired) electrons. The first-order valence-electron chi connectivity index (χ1n) is 7.94. The molecule has 0 atom stereocenters. The summed E-state index contributed by atoms with van der Waals surface area (Å²) in [5.41, 5.74) is -1.09. The molecule has 1 fully saturated rings. The number of nitrogens with zero attached hydrogens (tertiary/aromatic N) is 5.